The minimum Gasteiger partial charge on any atom is -0.490 e. The number of rotatable bonds is 10. The maximum atomic E-state index is 14.2. The van der Waals surface area contributed by atoms with E-state index in [-0.39, 0.29) is 5.56 Å². The standard InChI is InChI=1S/C16H27FN2O3/c1-3-7-21-14-9-11(16(20)13(19)5-6-18)12(17)10-15(14)22-8-4-2/h9-10,13,16,20H,3-8,18-19H2,1-2H3. The molecule has 0 heterocycles. The van der Waals surface area contributed by atoms with Crippen LogP contribution < -0.4 is 20.9 Å². The maximum Gasteiger partial charge on any atom is 0.164 e. The van der Waals surface area contributed by atoms with E-state index >= 15 is 0 Å². The third-order valence-corrected chi connectivity index (χ3v) is 3.21. The molecule has 0 aromatic heterocycles. The van der Waals surface area contributed by atoms with Gasteiger partial charge in [0, 0.05) is 17.7 Å². The average molecular weight is 314 g/mol. The molecule has 0 saturated heterocycles. The van der Waals surface area contributed by atoms with E-state index in [2.05, 4.69) is 0 Å². The van der Waals surface area contributed by atoms with Crippen LogP contribution in [0.1, 0.15) is 44.8 Å². The van der Waals surface area contributed by atoms with Gasteiger partial charge in [-0.25, -0.2) is 4.39 Å². The molecule has 22 heavy (non-hydrogen) atoms. The van der Waals surface area contributed by atoms with E-state index in [1.807, 2.05) is 13.8 Å². The van der Waals surface area contributed by atoms with Crippen molar-refractivity contribution in [1.29, 1.82) is 0 Å². The van der Waals surface area contributed by atoms with Crippen molar-refractivity contribution < 1.29 is 19.0 Å². The predicted molar refractivity (Wildman–Crippen MR) is 84.6 cm³/mol. The summed E-state index contributed by atoms with van der Waals surface area (Å²) in [4.78, 5) is 0. The molecule has 0 aliphatic rings. The second kappa shape index (κ2) is 9.61. The maximum absolute atomic E-state index is 14.2. The first-order valence-electron chi connectivity index (χ1n) is 7.77. The van der Waals surface area contributed by atoms with Crippen LogP contribution in [-0.4, -0.2) is 30.9 Å². The van der Waals surface area contributed by atoms with Gasteiger partial charge in [-0.1, -0.05) is 13.8 Å². The Kier molecular flexibility index (Phi) is 8.16. The Morgan fingerprint density at radius 2 is 1.68 bits per heavy atom. The zero-order valence-electron chi connectivity index (χ0n) is 13.3. The Labute approximate surface area is 131 Å². The summed E-state index contributed by atoms with van der Waals surface area (Å²) in [6, 6.07) is 2.09. The van der Waals surface area contributed by atoms with Crippen LogP contribution >= 0.6 is 0 Å². The lowest BCUT2D eigenvalue weighted by molar-refractivity contribution is 0.138. The van der Waals surface area contributed by atoms with Crippen LogP contribution in [-0.2, 0) is 0 Å². The van der Waals surface area contributed by atoms with E-state index in [1.165, 1.54) is 12.1 Å². The molecular formula is C16H27FN2O3. The first kappa shape index (κ1) is 18.7. The zero-order chi connectivity index (χ0) is 16.5. The molecule has 2 unspecified atom stereocenters. The second-order valence-electron chi connectivity index (χ2n) is 5.20. The molecule has 5 nitrogen and oxygen atoms in total. The molecule has 1 rings (SSSR count). The average Bonchev–Trinajstić information content (AvgIpc) is 2.51. The predicted octanol–water partition coefficient (Wildman–Crippen LogP) is 2.11. The van der Waals surface area contributed by atoms with E-state index in [4.69, 9.17) is 20.9 Å². The lowest BCUT2D eigenvalue weighted by atomic mass is 9.99. The van der Waals surface area contributed by atoms with Gasteiger partial charge in [-0.15, -0.1) is 0 Å². The Balaban J connectivity index is 3.07. The van der Waals surface area contributed by atoms with Crippen molar-refractivity contribution in [3.05, 3.63) is 23.5 Å². The number of nitrogens with two attached hydrogens (primary N) is 2. The molecule has 5 N–H and O–H groups in total. The third-order valence-electron chi connectivity index (χ3n) is 3.21. The number of ether oxygens (including phenoxy) is 2. The number of aliphatic hydroxyl groups is 1. The highest BCUT2D eigenvalue weighted by Gasteiger charge is 2.22. The smallest absolute Gasteiger partial charge is 0.164 e. The summed E-state index contributed by atoms with van der Waals surface area (Å²) in [5.74, 6) is 0.205. The molecule has 6 heteroatoms. The van der Waals surface area contributed by atoms with Gasteiger partial charge in [-0.3, -0.25) is 0 Å². The summed E-state index contributed by atoms with van der Waals surface area (Å²) in [6.45, 7) is 5.22. The fourth-order valence-electron chi connectivity index (χ4n) is 2.01. The van der Waals surface area contributed by atoms with Gasteiger partial charge in [0.25, 0.3) is 0 Å². The van der Waals surface area contributed by atoms with Crippen molar-refractivity contribution in [3.63, 3.8) is 0 Å². The first-order valence-corrected chi connectivity index (χ1v) is 7.77. The molecule has 0 aliphatic heterocycles. The molecule has 126 valence electrons. The van der Waals surface area contributed by atoms with Gasteiger partial charge in [0.05, 0.1) is 19.3 Å². The van der Waals surface area contributed by atoms with Crippen LogP contribution in [0.3, 0.4) is 0 Å². The van der Waals surface area contributed by atoms with Crippen molar-refractivity contribution in [2.24, 2.45) is 11.5 Å². The number of aliphatic hydroxyl groups excluding tert-OH is 1. The summed E-state index contributed by atoms with van der Waals surface area (Å²) >= 11 is 0. The monoisotopic (exact) mass is 314 g/mol. The Morgan fingerprint density at radius 3 is 2.18 bits per heavy atom. The van der Waals surface area contributed by atoms with Crippen LogP contribution in [0.4, 0.5) is 4.39 Å². The minimum atomic E-state index is -1.13. The highest BCUT2D eigenvalue weighted by Crippen LogP contribution is 2.34. The van der Waals surface area contributed by atoms with Crippen molar-refractivity contribution in [3.8, 4) is 11.5 Å². The van der Waals surface area contributed by atoms with E-state index in [9.17, 15) is 9.50 Å². The van der Waals surface area contributed by atoms with E-state index in [0.717, 1.165) is 12.8 Å². The van der Waals surface area contributed by atoms with Crippen molar-refractivity contribution >= 4 is 0 Å². The Bertz CT molecular complexity index is 457. The number of halogens is 1. The van der Waals surface area contributed by atoms with Gasteiger partial charge in [0.15, 0.2) is 11.5 Å². The van der Waals surface area contributed by atoms with Crippen LogP contribution in [0.25, 0.3) is 0 Å². The molecule has 0 aliphatic carbocycles. The molecule has 0 amide bonds. The molecule has 0 fully saturated rings. The molecular weight excluding hydrogens is 287 g/mol. The van der Waals surface area contributed by atoms with Gasteiger partial charge >= 0.3 is 0 Å². The summed E-state index contributed by atoms with van der Waals surface area (Å²) in [7, 11) is 0. The molecule has 2 atom stereocenters. The first-order chi connectivity index (χ1) is 10.5. The lowest BCUT2D eigenvalue weighted by Crippen LogP contribution is -2.31. The van der Waals surface area contributed by atoms with Crippen LogP contribution in [0.2, 0.25) is 0 Å². The van der Waals surface area contributed by atoms with Crippen LogP contribution in [0.5, 0.6) is 11.5 Å². The number of benzene rings is 1. The molecule has 1 aromatic carbocycles. The second-order valence-corrected chi connectivity index (χ2v) is 5.20. The van der Waals surface area contributed by atoms with Crippen LogP contribution in [0, 0.1) is 5.82 Å². The fourth-order valence-corrected chi connectivity index (χ4v) is 2.01. The molecule has 0 radical (unpaired) electrons. The van der Waals surface area contributed by atoms with Crippen LogP contribution in [0.15, 0.2) is 12.1 Å². The van der Waals surface area contributed by atoms with Crippen molar-refractivity contribution in [2.45, 2.75) is 45.3 Å². The Hall–Kier alpha value is -1.37. The van der Waals surface area contributed by atoms with E-state index < -0.39 is 18.0 Å². The summed E-state index contributed by atoms with van der Waals surface area (Å²) < 4.78 is 25.4. The minimum absolute atomic E-state index is 0.107. The van der Waals surface area contributed by atoms with Gasteiger partial charge in [0.1, 0.15) is 5.82 Å². The number of hydrogen-bond acceptors (Lipinski definition) is 5. The van der Waals surface area contributed by atoms with Gasteiger partial charge in [0.2, 0.25) is 0 Å². The molecule has 1 aromatic rings. The van der Waals surface area contributed by atoms with E-state index in [0.29, 0.717) is 37.7 Å². The highest BCUT2D eigenvalue weighted by atomic mass is 19.1. The largest absolute Gasteiger partial charge is 0.490 e. The third kappa shape index (κ3) is 5.12. The van der Waals surface area contributed by atoms with Gasteiger partial charge in [-0.05, 0) is 31.9 Å². The fraction of sp³-hybridized carbons (Fsp3) is 0.625. The van der Waals surface area contributed by atoms with Gasteiger partial charge in [-0.2, -0.15) is 0 Å². The lowest BCUT2D eigenvalue weighted by Gasteiger charge is -2.21. The number of hydrogen-bond donors (Lipinski definition) is 3. The molecule has 0 spiro atoms. The summed E-state index contributed by atoms with van der Waals surface area (Å²) in [6.07, 6.45) is 0.892. The molecule has 0 saturated carbocycles. The van der Waals surface area contributed by atoms with Crippen molar-refractivity contribution in [2.75, 3.05) is 19.8 Å². The molecule has 0 bridgehead atoms. The summed E-state index contributed by atoms with van der Waals surface area (Å²) in [5.41, 5.74) is 11.4. The Morgan fingerprint density at radius 1 is 1.14 bits per heavy atom. The SMILES string of the molecule is CCCOc1cc(F)c(C(O)C(N)CCN)cc1OCCC. The highest BCUT2D eigenvalue weighted by molar-refractivity contribution is 5.44. The van der Waals surface area contributed by atoms with E-state index in [1.54, 1.807) is 0 Å². The normalized spacial score (nSPS) is 13.7. The quantitative estimate of drug-likeness (QED) is 0.615. The topological polar surface area (TPSA) is 90.7 Å². The zero-order valence-corrected chi connectivity index (χ0v) is 13.3. The van der Waals surface area contributed by atoms with Gasteiger partial charge < -0.3 is 26.0 Å². The summed E-state index contributed by atoms with van der Waals surface area (Å²) in [5, 5.41) is 10.2. The van der Waals surface area contributed by atoms with Crippen molar-refractivity contribution in [1.82, 2.24) is 0 Å².